The normalized spacial score (nSPS) is 21.9. The largest absolute Gasteiger partial charge is 0.384 e. The Balaban J connectivity index is 1.75. The number of nitrogens with zero attached hydrogens (tertiary/aromatic N) is 2. The molecule has 17 heavy (non-hydrogen) atoms. The summed E-state index contributed by atoms with van der Waals surface area (Å²) >= 11 is 0. The number of nitrogens with two attached hydrogens (primary N) is 1. The van der Waals surface area contributed by atoms with Gasteiger partial charge in [-0.05, 0) is 25.2 Å². The Hall–Kier alpha value is -0.990. The molecule has 0 radical (unpaired) electrons. The van der Waals surface area contributed by atoms with E-state index in [1.165, 1.54) is 56.5 Å². The van der Waals surface area contributed by atoms with Gasteiger partial charge in [0.2, 0.25) is 0 Å². The van der Waals surface area contributed by atoms with Crippen molar-refractivity contribution in [2.75, 3.05) is 5.73 Å². The molecule has 0 unspecified atom stereocenters. The number of hydrogen-bond acceptors (Lipinski definition) is 2. The van der Waals surface area contributed by atoms with Gasteiger partial charge in [-0.3, -0.25) is 0 Å². The number of rotatable bonds is 3. The first-order chi connectivity index (χ1) is 8.25. The zero-order valence-corrected chi connectivity index (χ0v) is 10.8. The van der Waals surface area contributed by atoms with Gasteiger partial charge in [-0.25, -0.2) is 4.98 Å². The maximum Gasteiger partial charge on any atom is 0.126 e. The van der Waals surface area contributed by atoms with Crippen LogP contribution in [0.15, 0.2) is 0 Å². The van der Waals surface area contributed by atoms with Crippen molar-refractivity contribution in [3.63, 3.8) is 0 Å². The Labute approximate surface area is 103 Å². The van der Waals surface area contributed by atoms with E-state index in [0.29, 0.717) is 5.92 Å². The Morgan fingerprint density at radius 3 is 2.53 bits per heavy atom. The van der Waals surface area contributed by atoms with Gasteiger partial charge in [-0.2, -0.15) is 0 Å². The van der Waals surface area contributed by atoms with Crippen LogP contribution in [0.4, 0.5) is 5.82 Å². The van der Waals surface area contributed by atoms with Crippen LogP contribution >= 0.6 is 0 Å². The van der Waals surface area contributed by atoms with Crippen LogP contribution in [-0.2, 0) is 13.5 Å². The van der Waals surface area contributed by atoms with E-state index in [0.717, 1.165) is 18.2 Å². The number of imidazole rings is 1. The molecular weight excluding hydrogens is 210 g/mol. The molecule has 3 nitrogen and oxygen atoms in total. The van der Waals surface area contributed by atoms with E-state index in [9.17, 15) is 0 Å². The van der Waals surface area contributed by atoms with Crippen molar-refractivity contribution >= 4 is 5.82 Å². The van der Waals surface area contributed by atoms with E-state index < -0.39 is 0 Å². The van der Waals surface area contributed by atoms with Crippen LogP contribution in [0.1, 0.15) is 62.4 Å². The van der Waals surface area contributed by atoms with E-state index in [1.807, 2.05) is 0 Å². The van der Waals surface area contributed by atoms with Gasteiger partial charge in [0.1, 0.15) is 11.6 Å². The fourth-order valence-electron chi connectivity index (χ4n) is 3.11. The quantitative estimate of drug-likeness (QED) is 0.872. The zero-order chi connectivity index (χ0) is 11.8. The first-order valence-electron chi connectivity index (χ1n) is 7.06. The predicted octanol–water partition coefficient (Wildman–Crippen LogP) is 3.00. The summed E-state index contributed by atoms with van der Waals surface area (Å²) in [7, 11) is 2.07. The van der Waals surface area contributed by atoms with Crippen molar-refractivity contribution < 1.29 is 0 Å². The molecule has 0 atom stereocenters. The maximum atomic E-state index is 6.19. The maximum absolute atomic E-state index is 6.19. The number of hydrogen-bond donors (Lipinski definition) is 1. The Kier molecular flexibility index (Phi) is 2.85. The van der Waals surface area contributed by atoms with Crippen LogP contribution < -0.4 is 5.73 Å². The molecule has 0 spiro atoms. The van der Waals surface area contributed by atoms with Crippen LogP contribution in [0.25, 0.3) is 0 Å². The van der Waals surface area contributed by atoms with E-state index in [2.05, 4.69) is 11.6 Å². The van der Waals surface area contributed by atoms with Crippen molar-refractivity contribution in [3.05, 3.63) is 11.5 Å². The third-order valence-corrected chi connectivity index (χ3v) is 4.40. The highest BCUT2D eigenvalue weighted by atomic mass is 15.1. The van der Waals surface area contributed by atoms with Crippen LogP contribution in [0.3, 0.4) is 0 Å². The topological polar surface area (TPSA) is 43.8 Å². The molecule has 0 aliphatic heterocycles. The minimum Gasteiger partial charge on any atom is -0.384 e. The van der Waals surface area contributed by atoms with Crippen LogP contribution in [-0.4, -0.2) is 9.55 Å². The van der Waals surface area contributed by atoms with Crippen molar-refractivity contribution in [2.45, 2.75) is 57.3 Å². The molecular formula is C14H23N3. The summed E-state index contributed by atoms with van der Waals surface area (Å²) < 4.78 is 2.12. The average molecular weight is 233 g/mol. The second-order valence-corrected chi connectivity index (χ2v) is 5.84. The van der Waals surface area contributed by atoms with Gasteiger partial charge in [-0.1, -0.05) is 32.1 Å². The fourth-order valence-corrected chi connectivity index (χ4v) is 3.11. The zero-order valence-electron chi connectivity index (χ0n) is 10.8. The summed E-state index contributed by atoms with van der Waals surface area (Å²) in [6.45, 7) is 0. The third kappa shape index (κ3) is 2.20. The van der Waals surface area contributed by atoms with Gasteiger partial charge in [-0.15, -0.1) is 0 Å². The van der Waals surface area contributed by atoms with E-state index >= 15 is 0 Å². The molecule has 3 rings (SSSR count). The summed E-state index contributed by atoms with van der Waals surface area (Å²) in [6, 6.07) is 0. The van der Waals surface area contributed by atoms with E-state index in [1.54, 1.807) is 0 Å². The van der Waals surface area contributed by atoms with Crippen molar-refractivity contribution in [2.24, 2.45) is 13.0 Å². The molecule has 0 aromatic carbocycles. The highest BCUT2D eigenvalue weighted by molar-refractivity contribution is 5.39. The Morgan fingerprint density at radius 1 is 1.18 bits per heavy atom. The molecule has 2 saturated carbocycles. The summed E-state index contributed by atoms with van der Waals surface area (Å²) in [6.07, 6.45) is 10.7. The van der Waals surface area contributed by atoms with Crippen molar-refractivity contribution in [3.8, 4) is 0 Å². The second kappa shape index (κ2) is 4.35. The van der Waals surface area contributed by atoms with E-state index in [4.69, 9.17) is 10.7 Å². The first kappa shape index (κ1) is 11.1. The smallest absolute Gasteiger partial charge is 0.126 e. The summed E-state index contributed by atoms with van der Waals surface area (Å²) in [5.74, 6) is 3.67. The molecule has 1 heterocycles. The summed E-state index contributed by atoms with van der Waals surface area (Å²) in [5.41, 5.74) is 7.35. The lowest BCUT2D eigenvalue weighted by Crippen LogP contribution is -2.11. The number of nitrogen functional groups attached to an aromatic ring is 1. The second-order valence-electron chi connectivity index (χ2n) is 5.84. The molecule has 2 aliphatic carbocycles. The number of aromatic nitrogens is 2. The molecule has 1 aromatic heterocycles. The average Bonchev–Trinajstić information content (AvgIpc) is 3.14. The molecule has 1 aromatic rings. The fraction of sp³-hybridized carbons (Fsp3) is 0.786. The van der Waals surface area contributed by atoms with Gasteiger partial charge in [0, 0.05) is 13.0 Å². The van der Waals surface area contributed by atoms with Crippen LogP contribution in [0, 0.1) is 5.92 Å². The Bertz CT molecular complexity index is 398. The molecule has 3 heteroatoms. The predicted molar refractivity (Wildman–Crippen MR) is 69.9 cm³/mol. The van der Waals surface area contributed by atoms with Gasteiger partial charge >= 0.3 is 0 Å². The van der Waals surface area contributed by atoms with Crippen LogP contribution in [0.2, 0.25) is 0 Å². The summed E-state index contributed by atoms with van der Waals surface area (Å²) in [4.78, 5) is 4.80. The third-order valence-electron chi connectivity index (χ3n) is 4.40. The highest BCUT2D eigenvalue weighted by Crippen LogP contribution is 2.40. The van der Waals surface area contributed by atoms with E-state index in [-0.39, 0.29) is 0 Å². The molecule has 0 amide bonds. The number of anilines is 1. The molecule has 0 bridgehead atoms. The lowest BCUT2D eigenvalue weighted by molar-refractivity contribution is 0.355. The summed E-state index contributed by atoms with van der Waals surface area (Å²) in [5, 5.41) is 0. The molecule has 2 aliphatic rings. The van der Waals surface area contributed by atoms with Gasteiger partial charge in [0.05, 0.1) is 5.69 Å². The molecule has 2 N–H and O–H groups in total. The minimum absolute atomic E-state index is 0.697. The highest BCUT2D eigenvalue weighted by Gasteiger charge is 2.30. The lowest BCUT2D eigenvalue weighted by atomic mass is 9.86. The standard InChI is InChI=1S/C14H23N3/c1-17-13(15)12(16-14(17)11-7-8-11)9-10-5-3-2-4-6-10/h10-11H,2-9,15H2,1H3. The SMILES string of the molecule is Cn1c(C2CC2)nc(CC2CCCCC2)c1N. The minimum atomic E-state index is 0.697. The van der Waals surface area contributed by atoms with Crippen molar-refractivity contribution in [1.29, 1.82) is 0 Å². The Morgan fingerprint density at radius 2 is 1.88 bits per heavy atom. The molecule has 2 fully saturated rings. The van der Waals surface area contributed by atoms with Crippen molar-refractivity contribution in [1.82, 2.24) is 9.55 Å². The van der Waals surface area contributed by atoms with Gasteiger partial charge in [0.15, 0.2) is 0 Å². The first-order valence-corrected chi connectivity index (χ1v) is 7.06. The van der Waals surface area contributed by atoms with Crippen LogP contribution in [0.5, 0.6) is 0 Å². The van der Waals surface area contributed by atoms with Gasteiger partial charge in [0.25, 0.3) is 0 Å². The lowest BCUT2D eigenvalue weighted by Gasteiger charge is -2.20. The molecule has 94 valence electrons. The molecule has 0 saturated heterocycles. The van der Waals surface area contributed by atoms with Gasteiger partial charge < -0.3 is 10.3 Å². The monoisotopic (exact) mass is 233 g/mol.